The molecule has 6 nitrogen and oxygen atoms in total. The molecule has 0 saturated heterocycles. The topological polar surface area (TPSA) is 89.1 Å². The molecule has 0 fully saturated rings. The standard InChI is InChI=1S/C15H19N3O3/c1-3-15(4-2,14(19)20)10-13-17-12(18-21-13)9-11-7-5-6-8-16-11/h5-8H,3-4,9-10H2,1-2H3,(H,19,20). The van der Waals surface area contributed by atoms with Gasteiger partial charge < -0.3 is 9.63 Å². The van der Waals surface area contributed by atoms with Crippen molar-refractivity contribution in [3.63, 3.8) is 0 Å². The van der Waals surface area contributed by atoms with E-state index in [-0.39, 0.29) is 6.42 Å². The van der Waals surface area contributed by atoms with Gasteiger partial charge in [-0.05, 0) is 25.0 Å². The third-order valence-electron chi connectivity index (χ3n) is 3.87. The van der Waals surface area contributed by atoms with Crippen molar-refractivity contribution in [2.24, 2.45) is 5.41 Å². The predicted molar refractivity (Wildman–Crippen MR) is 75.7 cm³/mol. The van der Waals surface area contributed by atoms with Crippen LogP contribution in [0.1, 0.15) is 44.1 Å². The van der Waals surface area contributed by atoms with Crippen molar-refractivity contribution in [1.29, 1.82) is 0 Å². The Morgan fingerprint density at radius 1 is 1.33 bits per heavy atom. The summed E-state index contributed by atoms with van der Waals surface area (Å²) in [5, 5.41) is 13.3. The highest BCUT2D eigenvalue weighted by Crippen LogP contribution is 2.30. The molecule has 0 radical (unpaired) electrons. The van der Waals surface area contributed by atoms with Gasteiger partial charge in [0.1, 0.15) is 0 Å². The summed E-state index contributed by atoms with van der Waals surface area (Å²) < 4.78 is 5.19. The van der Waals surface area contributed by atoms with Gasteiger partial charge in [-0.1, -0.05) is 25.1 Å². The molecule has 0 aliphatic carbocycles. The molecular formula is C15H19N3O3. The van der Waals surface area contributed by atoms with E-state index in [9.17, 15) is 9.90 Å². The summed E-state index contributed by atoms with van der Waals surface area (Å²) in [6.45, 7) is 3.73. The fourth-order valence-corrected chi connectivity index (χ4v) is 2.27. The average molecular weight is 289 g/mol. The first-order valence-electron chi connectivity index (χ1n) is 7.04. The molecule has 0 unspecified atom stereocenters. The molecule has 2 aromatic heterocycles. The van der Waals surface area contributed by atoms with Crippen LogP contribution in [0.25, 0.3) is 0 Å². The van der Waals surface area contributed by atoms with E-state index in [0.29, 0.717) is 31.0 Å². The highest BCUT2D eigenvalue weighted by atomic mass is 16.5. The van der Waals surface area contributed by atoms with Crippen LogP contribution in [-0.4, -0.2) is 26.2 Å². The molecule has 112 valence electrons. The lowest BCUT2D eigenvalue weighted by Gasteiger charge is -2.24. The SMILES string of the molecule is CCC(CC)(Cc1nc(Cc2ccccn2)no1)C(=O)O. The van der Waals surface area contributed by atoms with Crippen molar-refractivity contribution in [3.05, 3.63) is 41.8 Å². The maximum Gasteiger partial charge on any atom is 0.310 e. The molecule has 0 saturated carbocycles. The van der Waals surface area contributed by atoms with Crippen molar-refractivity contribution in [3.8, 4) is 0 Å². The summed E-state index contributed by atoms with van der Waals surface area (Å²) in [6, 6.07) is 5.62. The van der Waals surface area contributed by atoms with Crippen molar-refractivity contribution in [1.82, 2.24) is 15.1 Å². The Kier molecular flexibility index (Phi) is 4.67. The lowest BCUT2D eigenvalue weighted by molar-refractivity contribution is -0.149. The summed E-state index contributed by atoms with van der Waals surface area (Å²) >= 11 is 0. The number of nitrogens with zero attached hydrogens (tertiary/aromatic N) is 3. The molecule has 6 heteroatoms. The van der Waals surface area contributed by atoms with Gasteiger partial charge in [0.25, 0.3) is 0 Å². The fraction of sp³-hybridized carbons (Fsp3) is 0.467. The van der Waals surface area contributed by atoms with E-state index in [1.165, 1.54) is 0 Å². The van der Waals surface area contributed by atoms with E-state index in [1.54, 1.807) is 6.20 Å². The smallest absolute Gasteiger partial charge is 0.310 e. The van der Waals surface area contributed by atoms with E-state index in [2.05, 4.69) is 15.1 Å². The maximum absolute atomic E-state index is 11.5. The molecule has 0 amide bonds. The minimum Gasteiger partial charge on any atom is -0.481 e. The summed E-state index contributed by atoms with van der Waals surface area (Å²) in [6.07, 6.45) is 3.49. The Morgan fingerprint density at radius 3 is 2.67 bits per heavy atom. The van der Waals surface area contributed by atoms with Crippen LogP contribution in [0, 0.1) is 5.41 Å². The van der Waals surface area contributed by atoms with Gasteiger partial charge in [0.15, 0.2) is 5.82 Å². The Hall–Kier alpha value is -2.24. The quantitative estimate of drug-likeness (QED) is 0.842. The lowest BCUT2D eigenvalue weighted by Crippen LogP contribution is -2.32. The number of carbonyl (C=O) groups is 1. The number of hydrogen-bond donors (Lipinski definition) is 1. The van der Waals surface area contributed by atoms with Crippen LogP contribution >= 0.6 is 0 Å². The zero-order chi connectivity index (χ0) is 15.3. The maximum atomic E-state index is 11.5. The Morgan fingerprint density at radius 2 is 2.10 bits per heavy atom. The number of carboxylic acid groups (broad SMARTS) is 1. The molecule has 0 bridgehead atoms. The van der Waals surface area contributed by atoms with E-state index >= 15 is 0 Å². The minimum atomic E-state index is -0.838. The van der Waals surface area contributed by atoms with Crippen LogP contribution in [0.15, 0.2) is 28.9 Å². The summed E-state index contributed by atoms with van der Waals surface area (Å²) in [7, 11) is 0. The highest BCUT2D eigenvalue weighted by molar-refractivity contribution is 5.74. The van der Waals surface area contributed by atoms with Crippen molar-refractivity contribution >= 4 is 5.97 Å². The molecule has 0 spiro atoms. The Balaban J connectivity index is 2.11. The molecule has 2 aromatic rings. The van der Waals surface area contributed by atoms with Gasteiger partial charge in [0.05, 0.1) is 11.8 Å². The molecule has 0 aliphatic rings. The van der Waals surface area contributed by atoms with Gasteiger partial charge in [-0.15, -0.1) is 0 Å². The first-order chi connectivity index (χ1) is 10.1. The third kappa shape index (κ3) is 3.45. The zero-order valence-electron chi connectivity index (χ0n) is 12.2. The van der Waals surface area contributed by atoms with Crippen LogP contribution in [0.4, 0.5) is 0 Å². The highest BCUT2D eigenvalue weighted by Gasteiger charge is 2.37. The monoisotopic (exact) mass is 289 g/mol. The average Bonchev–Trinajstić information content (AvgIpc) is 2.92. The first kappa shape index (κ1) is 15.2. The van der Waals surface area contributed by atoms with Crippen molar-refractivity contribution in [2.45, 2.75) is 39.5 Å². The number of carboxylic acids is 1. The molecule has 0 aromatic carbocycles. The second-order valence-electron chi connectivity index (χ2n) is 5.07. The van der Waals surface area contributed by atoms with E-state index in [4.69, 9.17) is 4.52 Å². The number of pyridine rings is 1. The second kappa shape index (κ2) is 6.47. The molecular weight excluding hydrogens is 270 g/mol. The molecule has 21 heavy (non-hydrogen) atoms. The molecule has 0 atom stereocenters. The Labute approximate surface area is 123 Å². The van der Waals surface area contributed by atoms with Crippen LogP contribution in [0.3, 0.4) is 0 Å². The largest absolute Gasteiger partial charge is 0.481 e. The van der Waals surface area contributed by atoms with Crippen LogP contribution < -0.4 is 0 Å². The lowest BCUT2D eigenvalue weighted by atomic mass is 9.79. The molecule has 2 heterocycles. The van der Waals surface area contributed by atoms with Gasteiger partial charge in [-0.3, -0.25) is 9.78 Å². The van der Waals surface area contributed by atoms with Gasteiger partial charge in [0, 0.05) is 18.3 Å². The van der Waals surface area contributed by atoms with E-state index < -0.39 is 11.4 Å². The molecule has 1 N–H and O–H groups in total. The summed E-state index contributed by atoms with van der Waals surface area (Å²) in [5.74, 6) is 0.0687. The number of hydrogen-bond acceptors (Lipinski definition) is 5. The fourth-order valence-electron chi connectivity index (χ4n) is 2.27. The van der Waals surface area contributed by atoms with Gasteiger partial charge in [-0.25, -0.2) is 0 Å². The number of aromatic nitrogens is 3. The normalized spacial score (nSPS) is 11.5. The van der Waals surface area contributed by atoms with Gasteiger partial charge in [0.2, 0.25) is 5.89 Å². The minimum absolute atomic E-state index is 0.255. The van der Waals surface area contributed by atoms with Crippen LogP contribution in [0.5, 0.6) is 0 Å². The van der Waals surface area contributed by atoms with Crippen molar-refractivity contribution < 1.29 is 14.4 Å². The number of rotatable bonds is 7. The summed E-state index contributed by atoms with van der Waals surface area (Å²) in [5.41, 5.74) is 0.00904. The predicted octanol–water partition coefficient (Wildman–Crippen LogP) is 2.49. The molecule has 2 rings (SSSR count). The van der Waals surface area contributed by atoms with Crippen LogP contribution in [0.2, 0.25) is 0 Å². The van der Waals surface area contributed by atoms with Gasteiger partial charge >= 0.3 is 5.97 Å². The summed E-state index contributed by atoms with van der Waals surface area (Å²) in [4.78, 5) is 20.0. The molecule has 0 aliphatic heterocycles. The van der Waals surface area contributed by atoms with Crippen LogP contribution in [-0.2, 0) is 17.6 Å². The van der Waals surface area contributed by atoms with E-state index in [1.807, 2.05) is 32.0 Å². The Bertz CT molecular complexity index is 591. The third-order valence-corrected chi connectivity index (χ3v) is 3.87. The second-order valence-corrected chi connectivity index (χ2v) is 5.07. The van der Waals surface area contributed by atoms with Gasteiger partial charge in [-0.2, -0.15) is 4.98 Å². The van der Waals surface area contributed by atoms with E-state index in [0.717, 1.165) is 5.69 Å². The first-order valence-corrected chi connectivity index (χ1v) is 7.04. The zero-order valence-corrected chi connectivity index (χ0v) is 12.2. The number of aliphatic carboxylic acids is 1. The van der Waals surface area contributed by atoms with Crippen molar-refractivity contribution in [2.75, 3.05) is 0 Å².